The van der Waals surface area contributed by atoms with E-state index in [9.17, 15) is 4.79 Å². The number of fused-ring (bicyclic) bond motifs is 3. The Balaban J connectivity index is 1.53. The average Bonchev–Trinajstić information content (AvgIpc) is 3.13. The highest BCUT2D eigenvalue weighted by atomic mass is 16.3. The van der Waals surface area contributed by atoms with Crippen LogP contribution in [0, 0.1) is 5.92 Å². The molecule has 5 heteroatoms. The lowest BCUT2D eigenvalue weighted by Gasteiger charge is -2.23. The Morgan fingerprint density at radius 1 is 1.42 bits per heavy atom. The highest BCUT2D eigenvalue weighted by Crippen LogP contribution is 2.28. The second-order valence-electron chi connectivity index (χ2n) is 5.42. The Morgan fingerprint density at radius 3 is 3.16 bits per heavy atom. The highest BCUT2D eigenvalue weighted by Gasteiger charge is 2.38. The zero-order valence-electron chi connectivity index (χ0n) is 10.5. The minimum atomic E-state index is -0.0105. The largest absolute Gasteiger partial charge is 0.443 e. The van der Waals surface area contributed by atoms with Gasteiger partial charge < -0.3 is 14.6 Å². The van der Waals surface area contributed by atoms with Crippen LogP contribution >= 0.6 is 0 Å². The Morgan fingerprint density at radius 2 is 2.37 bits per heavy atom. The van der Waals surface area contributed by atoms with Crippen LogP contribution in [0.2, 0.25) is 0 Å². The Kier molecular flexibility index (Phi) is 2.35. The summed E-state index contributed by atoms with van der Waals surface area (Å²) in [5.41, 5.74) is 2.09. The van der Waals surface area contributed by atoms with Gasteiger partial charge in [0, 0.05) is 24.7 Å². The van der Waals surface area contributed by atoms with Crippen molar-refractivity contribution in [3.8, 4) is 0 Å². The molecule has 1 amide bonds. The minimum absolute atomic E-state index is 0.0105. The Hall–Kier alpha value is -1.88. The van der Waals surface area contributed by atoms with Gasteiger partial charge in [0.1, 0.15) is 5.52 Å². The van der Waals surface area contributed by atoms with E-state index in [2.05, 4.69) is 15.2 Å². The maximum Gasteiger partial charge on any atom is 0.251 e. The number of aromatic nitrogens is 1. The molecule has 2 aromatic rings. The number of piperidine rings is 1. The number of rotatable bonds is 2. The number of benzene rings is 1. The van der Waals surface area contributed by atoms with Crippen molar-refractivity contribution in [2.75, 3.05) is 19.6 Å². The van der Waals surface area contributed by atoms with Gasteiger partial charge in [-0.2, -0.15) is 0 Å². The molecule has 3 heterocycles. The van der Waals surface area contributed by atoms with E-state index in [0.717, 1.165) is 18.6 Å². The van der Waals surface area contributed by atoms with Crippen LogP contribution in [0.25, 0.3) is 11.1 Å². The normalized spacial score (nSPS) is 28.9. The monoisotopic (exact) mass is 257 g/mol. The molecule has 0 spiro atoms. The summed E-state index contributed by atoms with van der Waals surface area (Å²) >= 11 is 0. The smallest absolute Gasteiger partial charge is 0.251 e. The number of nitrogens with zero attached hydrogens (tertiary/aromatic N) is 2. The summed E-state index contributed by atoms with van der Waals surface area (Å²) in [6.45, 7) is 3.30. The number of carbonyl (C=O) groups excluding carboxylic acids is 1. The van der Waals surface area contributed by atoms with E-state index in [4.69, 9.17) is 4.42 Å². The van der Waals surface area contributed by atoms with E-state index in [1.165, 1.54) is 19.4 Å². The van der Waals surface area contributed by atoms with E-state index in [0.29, 0.717) is 23.1 Å². The van der Waals surface area contributed by atoms with Crippen molar-refractivity contribution < 1.29 is 9.21 Å². The topological polar surface area (TPSA) is 58.4 Å². The van der Waals surface area contributed by atoms with Crippen molar-refractivity contribution in [1.29, 1.82) is 0 Å². The molecule has 4 rings (SSSR count). The molecule has 0 saturated carbocycles. The van der Waals surface area contributed by atoms with E-state index < -0.39 is 0 Å². The third-order valence-electron chi connectivity index (χ3n) is 4.24. The van der Waals surface area contributed by atoms with Crippen LogP contribution in [0.5, 0.6) is 0 Å². The van der Waals surface area contributed by atoms with Gasteiger partial charge in [-0.05, 0) is 37.1 Å². The SMILES string of the molecule is O=C(NC1CN2CC[C@H]1C2)c1ccc2ocnc2c1. The molecule has 0 aliphatic carbocycles. The average molecular weight is 257 g/mol. The lowest BCUT2D eigenvalue weighted by Crippen LogP contribution is -2.43. The third-order valence-corrected chi connectivity index (χ3v) is 4.24. The summed E-state index contributed by atoms with van der Waals surface area (Å²) in [5, 5.41) is 3.14. The molecular formula is C14H15N3O2. The van der Waals surface area contributed by atoms with E-state index in [1.807, 2.05) is 0 Å². The molecule has 1 N–H and O–H groups in total. The van der Waals surface area contributed by atoms with Gasteiger partial charge in [-0.15, -0.1) is 0 Å². The number of hydrogen-bond acceptors (Lipinski definition) is 4. The highest BCUT2D eigenvalue weighted by molar-refractivity contribution is 5.97. The molecule has 1 aromatic heterocycles. The van der Waals surface area contributed by atoms with Crippen molar-refractivity contribution in [3.05, 3.63) is 30.2 Å². The molecule has 2 saturated heterocycles. The molecule has 1 aromatic carbocycles. The molecule has 2 unspecified atom stereocenters. The van der Waals surface area contributed by atoms with Crippen molar-refractivity contribution in [3.63, 3.8) is 0 Å². The molecule has 5 nitrogen and oxygen atoms in total. The van der Waals surface area contributed by atoms with Gasteiger partial charge in [-0.3, -0.25) is 4.79 Å². The number of hydrogen-bond donors (Lipinski definition) is 1. The lowest BCUT2D eigenvalue weighted by molar-refractivity contribution is 0.0924. The van der Waals surface area contributed by atoms with Crippen LogP contribution in [-0.4, -0.2) is 41.5 Å². The van der Waals surface area contributed by atoms with Gasteiger partial charge in [-0.1, -0.05) is 0 Å². The zero-order valence-corrected chi connectivity index (χ0v) is 10.5. The van der Waals surface area contributed by atoms with E-state index in [1.54, 1.807) is 18.2 Å². The molecule has 19 heavy (non-hydrogen) atoms. The van der Waals surface area contributed by atoms with Crippen LogP contribution in [-0.2, 0) is 0 Å². The molecule has 2 aliphatic rings. The number of carbonyl (C=O) groups is 1. The lowest BCUT2D eigenvalue weighted by atomic mass is 9.99. The number of nitrogens with one attached hydrogen (secondary N) is 1. The van der Waals surface area contributed by atoms with Gasteiger partial charge in [0.15, 0.2) is 12.0 Å². The number of oxazole rings is 1. The van der Waals surface area contributed by atoms with Crippen LogP contribution in [0.15, 0.2) is 29.0 Å². The van der Waals surface area contributed by atoms with Gasteiger partial charge in [0.05, 0.1) is 0 Å². The second kappa shape index (κ2) is 4.06. The molecule has 2 bridgehead atoms. The first-order valence-electron chi connectivity index (χ1n) is 6.66. The maximum absolute atomic E-state index is 12.3. The van der Waals surface area contributed by atoms with Crippen molar-refractivity contribution >= 4 is 17.0 Å². The quantitative estimate of drug-likeness (QED) is 0.880. The van der Waals surface area contributed by atoms with Crippen LogP contribution < -0.4 is 5.32 Å². The van der Waals surface area contributed by atoms with Crippen molar-refractivity contribution in [2.24, 2.45) is 5.92 Å². The fourth-order valence-corrected chi connectivity index (χ4v) is 3.20. The minimum Gasteiger partial charge on any atom is -0.443 e. The maximum atomic E-state index is 12.3. The molecule has 2 fully saturated rings. The fraction of sp³-hybridized carbons (Fsp3) is 0.429. The summed E-state index contributed by atoms with van der Waals surface area (Å²) in [5.74, 6) is 0.614. The molecule has 3 atom stereocenters. The summed E-state index contributed by atoms with van der Waals surface area (Å²) in [4.78, 5) is 18.7. The zero-order chi connectivity index (χ0) is 12.8. The summed E-state index contributed by atoms with van der Waals surface area (Å²) in [6.07, 6.45) is 2.60. The van der Waals surface area contributed by atoms with Crippen LogP contribution in [0.3, 0.4) is 0 Å². The van der Waals surface area contributed by atoms with E-state index >= 15 is 0 Å². The van der Waals surface area contributed by atoms with Gasteiger partial charge >= 0.3 is 0 Å². The van der Waals surface area contributed by atoms with Crippen molar-refractivity contribution in [2.45, 2.75) is 12.5 Å². The Bertz CT molecular complexity index is 636. The predicted molar refractivity (Wildman–Crippen MR) is 69.8 cm³/mol. The first kappa shape index (κ1) is 11.0. The second-order valence-corrected chi connectivity index (χ2v) is 5.42. The van der Waals surface area contributed by atoms with Gasteiger partial charge in [0.25, 0.3) is 5.91 Å². The summed E-state index contributed by atoms with van der Waals surface area (Å²) in [7, 11) is 0. The first-order valence-corrected chi connectivity index (χ1v) is 6.66. The summed E-state index contributed by atoms with van der Waals surface area (Å²) < 4.78 is 5.18. The van der Waals surface area contributed by atoms with Crippen LogP contribution in [0.4, 0.5) is 0 Å². The fourth-order valence-electron chi connectivity index (χ4n) is 3.20. The van der Waals surface area contributed by atoms with E-state index in [-0.39, 0.29) is 5.91 Å². The molecular weight excluding hydrogens is 242 g/mol. The van der Waals surface area contributed by atoms with Crippen LogP contribution in [0.1, 0.15) is 16.8 Å². The predicted octanol–water partition coefficient (Wildman–Crippen LogP) is 1.26. The Labute approximate surface area is 110 Å². The van der Waals surface area contributed by atoms with Gasteiger partial charge in [-0.25, -0.2) is 4.98 Å². The van der Waals surface area contributed by atoms with Crippen molar-refractivity contribution in [1.82, 2.24) is 15.2 Å². The standard InChI is InChI=1S/C14H15N3O2/c18-14(16-12-7-17-4-3-10(12)6-17)9-1-2-13-11(5-9)15-8-19-13/h1-2,5,8,10,12H,3-4,6-7H2,(H,16,18)/t10-,12?/m0/s1. The molecule has 0 radical (unpaired) electrons. The number of amides is 1. The molecule has 98 valence electrons. The van der Waals surface area contributed by atoms with Gasteiger partial charge in [0.2, 0.25) is 0 Å². The third kappa shape index (κ3) is 1.81. The molecule has 2 aliphatic heterocycles. The summed E-state index contributed by atoms with van der Waals surface area (Å²) in [6, 6.07) is 5.66. The first-order chi connectivity index (χ1) is 9.29.